The molecule has 3 aromatic rings. The summed E-state index contributed by atoms with van der Waals surface area (Å²) in [6.45, 7) is 19.1. The van der Waals surface area contributed by atoms with Crippen molar-refractivity contribution >= 4 is 53.8 Å². The Kier molecular flexibility index (Phi) is 28.3. The van der Waals surface area contributed by atoms with Crippen molar-refractivity contribution in [3.63, 3.8) is 0 Å². The molecule has 1 aliphatic carbocycles. The molecule has 0 radical (unpaired) electrons. The van der Waals surface area contributed by atoms with Crippen LogP contribution < -0.4 is 104 Å². The molecule has 74 heavy (non-hydrogen) atoms. The molecule has 0 spiro atoms. The second kappa shape index (κ2) is 30.8. The van der Waals surface area contributed by atoms with Gasteiger partial charge in [-0.1, -0.05) is 76.6 Å². The van der Waals surface area contributed by atoms with Crippen LogP contribution in [0.1, 0.15) is 141 Å². The molecule has 0 bridgehead atoms. The number of aryl methyl sites for hydroxylation is 1. The van der Waals surface area contributed by atoms with Gasteiger partial charge in [0.2, 0.25) is 11.6 Å². The average Bonchev–Trinajstić information content (AvgIpc) is 3.64. The predicted octanol–water partition coefficient (Wildman–Crippen LogP) is 1.13. The van der Waals surface area contributed by atoms with E-state index >= 15 is 0 Å². The Bertz CT molecular complexity index is 2930. The van der Waals surface area contributed by atoms with Gasteiger partial charge in [-0.15, -0.1) is 12.6 Å². The minimum atomic E-state index is -4.71. The van der Waals surface area contributed by atoms with Crippen molar-refractivity contribution in [1.82, 2.24) is 5.32 Å². The zero-order valence-corrected chi connectivity index (χ0v) is 53.4. The third-order valence-corrected chi connectivity index (χ3v) is 15.1. The first kappa shape index (κ1) is 67.9. The van der Waals surface area contributed by atoms with Crippen LogP contribution in [-0.4, -0.2) is 74.4 Å². The molecule has 1 N–H and O–H groups in total. The summed E-state index contributed by atoms with van der Waals surface area (Å²) >= 11 is 0. The van der Waals surface area contributed by atoms with Crippen molar-refractivity contribution in [3.05, 3.63) is 131 Å². The van der Waals surface area contributed by atoms with Gasteiger partial charge in [-0.05, 0) is 131 Å². The Labute approximate surface area is 508 Å². The maximum absolute atomic E-state index is 12.6. The van der Waals surface area contributed by atoms with Crippen LogP contribution in [0.3, 0.4) is 0 Å². The predicted molar refractivity (Wildman–Crippen MR) is 275 cm³/mol. The topological polar surface area (TPSA) is 210 Å². The van der Waals surface area contributed by atoms with Gasteiger partial charge in [-0.25, -0.2) is 16.8 Å². The molecule has 6 rings (SSSR count). The van der Waals surface area contributed by atoms with Crippen LogP contribution >= 0.6 is 0 Å². The number of hydrogen-bond acceptors (Lipinski definition) is 12. The summed E-state index contributed by atoms with van der Waals surface area (Å²) in [7, 11) is -12.5. The molecule has 2 aliphatic heterocycles. The number of amides is 1. The molecule has 14 nitrogen and oxygen atoms in total. The Morgan fingerprint density at radius 3 is 2.05 bits per heavy atom. The summed E-state index contributed by atoms with van der Waals surface area (Å²) in [5, 5.41) is 3.06. The zero-order valence-electron chi connectivity index (χ0n) is 44.9. The smallest absolute Gasteiger partial charge is 0.744 e. The van der Waals surface area contributed by atoms with Gasteiger partial charge < -0.3 is 31.0 Å². The third kappa shape index (κ3) is 18.5. The van der Waals surface area contributed by atoms with Gasteiger partial charge in [-0.2, -0.15) is 11.0 Å². The molecule has 3 aromatic carbocycles. The van der Waals surface area contributed by atoms with Gasteiger partial charge in [0, 0.05) is 60.4 Å². The number of carbonyl (C=O) groups excluding carboxylic acids is 1. The number of nitrogens with one attached hydrogen (secondary N) is 1. The Morgan fingerprint density at radius 2 is 1.42 bits per heavy atom. The molecule has 1 amide bonds. The van der Waals surface area contributed by atoms with Crippen LogP contribution in [-0.2, 0) is 46.5 Å². The molecule has 0 saturated carbocycles. The van der Waals surface area contributed by atoms with Crippen molar-refractivity contribution in [2.24, 2.45) is 0 Å². The van der Waals surface area contributed by atoms with E-state index in [9.17, 15) is 30.7 Å². The first-order valence-corrected chi connectivity index (χ1v) is 28.4. The van der Waals surface area contributed by atoms with E-state index in [-0.39, 0.29) is 110 Å². The number of fused-ring (bicyclic) bond motifs is 2. The van der Waals surface area contributed by atoms with E-state index in [1.807, 2.05) is 13.8 Å². The van der Waals surface area contributed by atoms with Crippen molar-refractivity contribution in [2.75, 3.05) is 24.5 Å². The monoisotopic (exact) mass is 1100 g/mol. The summed E-state index contributed by atoms with van der Waals surface area (Å²) in [4.78, 5) is 14.4. The molecule has 0 unspecified atom stereocenters. The fraction of sp³-hybridized carbons (Fsp3) is 0.463. The SMILES string of the molecule is O=S(=O)=O.[CH2-]CCCN1C(=CC=C2CCCC(C=CC3=[N+](CCCCCC(=O)NCCCCCCC)c4ccc(S(=O)(=O)[O-])cc4C3(C)C)=C2Oc2ccc(S(=O)(=O)[O-])cc2)C(C)(C)c2cc(C)ccc21.[Na+].[Na+].[Na+]. The minimum Gasteiger partial charge on any atom is -0.744 e. The van der Waals surface area contributed by atoms with Gasteiger partial charge in [-0.3, -0.25) is 4.79 Å². The van der Waals surface area contributed by atoms with Crippen molar-refractivity contribution < 1.29 is 141 Å². The van der Waals surface area contributed by atoms with Crippen LogP contribution in [0.15, 0.2) is 117 Å². The van der Waals surface area contributed by atoms with Crippen molar-refractivity contribution in [2.45, 2.75) is 152 Å². The minimum absolute atomic E-state index is 0. The van der Waals surface area contributed by atoms with Crippen molar-refractivity contribution in [3.8, 4) is 5.75 Å². The van der Waals surface area contributed by atoms with Gasteiger partial charge in [0.15, 0.2) is 5.71 Å². The third-order valence-electron chi connectivity index (χ3n) is 13.4. The number of carbonyl (C=O) groups is 1. The summed E-state index contributed by atoms with van der Waals surface area (Å²) in [5.41, 5.74) is 8.19. The fourth-order valence-corrected chi connectivity index (χ4v) is 10.6. The molecular formula is C54H69N3Na3O11S3+. The summed E-state index contributed by atoms with van der Waals surface area (Å²) < 4.78 is 106. The average molecular weight is 1100 g/mol. The number of anilines is 1. The molecular weight excluding hydrogens is 1030 g/mol. The second-order valence-corrected chi connectivity index (χ2v) is 22.6. The van der Waals surface area contributed by atoms with Crippen LogP contribution in [0.5, 0.6) is 5.75 Å². The van der Waals surface area contributed by atoms with Gasteiger partial charge in [0.05, 0.1) is 15.2 Å². The van der Waals surface area contributed by atoms with Crippen LogP contribution in [0.4, 0.5) is 11.4 Å². The molecule has 0 aromatic heterocycles. The Morgan fingerprint density at radius 1 is 0.784 bits per heavy atom. The number of ether oxygens (including phenoxy) is 1. The Hall–Kier alpha value is -2.20. The number of unbranched alkanes of at least 4 members (excludes halogenated alkanes) is 7. The largest absolute Gasteiger partial charge is 1.00 e. The van der Waals surface area contributed by atoms with E-state index < -0.39 is 36.3 Å². The van der Waals surface area contributed by atoms with Gasteiger partial charge in [0.1, 0.15) is 38.3 Å². The van der Waals surface area contributed by atoms with Gasteiger partial charge in [0.25, 0.3) is 0 Å². The van der Waals surface area contributed by atoms with Crippen molar-refractivity contribution in [1.29, 1.82) is 0 Å². The summed E-state index contributed by atoms with van der Waals surface area (Å²) in [5.74, 6) is 1.08. The quantitative estimate of drug-likeness (QED) is 0.0494. The molecule has 2 heterocycles. The van der Waals surface area contributed by atoms with Crippen LogP contribution in [0, 0.1) is 13.8 Å². The maximum atomic E-state index is 12.6. The second-order valence-electron chi connectivity index (χ2n) is 19.4. The standard InChI is InChI=1S/C54H71N3O8S2.3Na.O3S/c1-8-10-12-13-16-34-55-51(58)21-15-14-17-36-57-48-31-29-44(67(62,63)64)38-46(48)54(6,7)50(57)33-24-41-20-18-19-40(52(41)65-42-25-27-43(28-26-42)66(59,60)61)23-32-49-53(4,5)45-37-39(3)22-30-47(45)56(49)35-11-9-2;;;;1-4(2)3/h22-33,37-38H,2,8-21,34-36H2,1,3-7H3,(H,55,58)(H,59,60,61)(H,62,63,64);;;;/q;3*+1;/p-2. The fourth-order valence-electron chi connectivity index (χ4n) is 9.63. The number of rotatable bonds is 22. The van der Waals surface area contributed by atoms with Crippen LogP contribution in [0.25, 0.3) is 0 Å². The van der Waals surface area contributed by atoms with E-state index in [4.69, 9.17) is 17.4 Å². The van der Waals surface area contributed by atoms with E-state index in [2.05, 4.69) is 91.9 Å². The molecule has 3 aliphatic rings. The maximum Gasteiger partial charge on any atom is 1.00 e. The number of benzene rings is 3. The Balaban J connectivity index is 0.00000258. The number of nitrogens with zero attached hydrogens (tertiary/aromatic N) is 2. The zero-order chi connectivity index (χ0) is 52.1. The number of allylic oxidation sites excluding steroid dienone is 7. The summed E-state index contributed by atoms with van der Waals surface area (Å²) in [6.07, 6.45) is 20.9. The number of hydrogen-bond donors (Lipinski definition) is 1. The van der Waals surface area contributed by atoms with E-state index in [1.165, 1.54) is 72.5 Å². The molecule has 0 atom stereocenters. The normalized spacial score (nSPS) is 16.7. The first-order valence-electron chi connectivity index (χ1n) is 24.5. The van der Waals surface area contributed by atoms with Crippen LogP contribution in [0.2, 0.25) is 0 Å². The molecule has 20 heteroatoms. The molecule has 0 saturated heterocycles. The van der Waals surface area contributed by atoms with E-state index in [0.29, 0.717) is 37.4 Å². The van der Waals surface area contributed by atoms with E-state index in [1.54, 1.807) is 6.07 Å². The molecule has 386 valence electrons. The summed E-state index contributed by atoms with van der Waals surface area (Å²) in [6, 6.07) is 16.7. The van der Waals surface area contributed by atoms with Gasteiger partial charge >= 0.3 is 99.3 Å². The molecule has 0 fully saturated rings. The van der Waals surface area contributed by atoms with E-state index in [0.717, 1.165) is 98.1 Å². The first-order chi connectivity index (χ1) is 33.5.